The number of hydrogen-bond acceptors (Lipinski definition) is 6. The van der Waals surface area contributed by atoms with Crippen LogP contribution in [0.3, 0.4) is 0 Å². The van der Waals surface area contributed by atoms with E-state index in [1.807, 2.05) is 48.1 Å². The number of nitrogens with zero attached hydrogens (tertiary/aromatic N) is 6. The summed E-state index contributed by atoms with van der Waals surface area (Å²) in [5, 5.41) is 2.21. The van der Waals surface area contributed by atoms with Gasteiger partial charge in [-0.05, 0) is 57.2 Å². The Bertz CT molecular complexity index is 2710. The standard InChI is InChI=1S/C48H41N6O.Pt/c1-47(2,3)33-19-21-38(32-13-8-7-9-14-32)42(27-33)53-31-52(45-46(53)51-26-25-50-45)35-15-12-16-36(29-35)55-37-20-22-40-39-17-10-11-18-41(39)54(43(40)30-37)44-28-34(23-24-49-44)48(4,5)6;/h7-28,31H,1-6H3;/q-3;. The molecule has 8 heteroatoms. The van der Waals surface area contributed by atoms with E-state index in [9.17, 15) is 0 Å². The number of fused-ring (bicyclic) bond motifs is 4. The molecule has 9 rings (SSSR count). The van der Waals surface area contributed by atoms with Crippen LogP contribution in [0.2, 0.25) is 0 Å². The minimum absolute atomic E-state index is 0. The fourth-order valence-electron chi connectivity index (χ4n) is 7.23. The van der Waals surface area contributed by atoms with Crippen molar-refractivity contribution in [2.24, 2.45) is 0 Å². The van der Waals surface area contributed by atoms with Gasteiger partial charge in [0.1, 0.15) is 17.5 Å². The summed E-state index contributed by atoms with van der Waals surface area (Å²) in [6.07, 6.45) is 5.35. The van der Waals surface area contributed by atoms with Gasteiger partial charge in [-0.15, -0.1) is 42.4 Å². The second-order valence-electron chi connectivity index (χ2n) is 16.0. The van der Waals surface area contributed by atoms with E-state index in [1.54, 1.807) is 12.4 Å². The van der Waals surface area contributed by atoms with Crippen molar-refractivity contribution in [3.8, 4) is 28.4 Å². The van der Waals surface area contributed by atoms with Gasteiger partial charge in [-0.25, -0.2) is 15.0 Å². The van der Waals surface area contributed by atoms with Gasteiger partial charge in [0.2, 0.25) is 0 Å². The predicted molar refractivity (Wildman–Crippen MR) is 223 cm³/mol. The molecule has 7 nitrogen and oxygen atoms in total. The topological polar surface area (TPSA) is 59.3 Å². The van der Waals surface area contributed by atoms with E-state index >= 15 is 0 Å². The molecule has 5 aromatic carbocycles. The van der Waals surface area contributed by atoms with E-state index < -0.39 is 0 Å². The van der Waals surface area contributed by atoms with Crippen LogP contribution in [0.5, 0.6) is 11.5 Å². The van der Waals surface area contributed by atoms with Gasteiger partial charge in [0, 0.05) is 67.9 Å². The molecule has 4 heterocycles. The quantitative estimate of drug-likeness (QED) is 0.155. The Kier molecular flexibility index (Phi) is 9.54. The molecule has 0 spiro atoms. The smallest absolute Gasteiger partial charge is 0.145 e. The van der Waals surface area contributed by atoms with Gasteiger partial charge in [-0.1, -0.05) is 113 Å². The second kappa shape index (κ2) is 14.4. The van der Waals surface area contributed by atoms with Crippen molar-refractivity contribution in [1.82, 2.24) is 19.5 Å². The summed E-state index contributed by atoms with van der Waals surface area (Å²) in [5.74, 6) is 3.42. The first-order valence-electron chi connectivity index (χ1n) is 18.6. The van der Waals surface area contributed by atoms with Gasteiger partial charge in [0.15, 0.2) is 0 Å². The molecule has 0 aliphatic carbocycles. The second-order valence-corrected chi connectivity index (χ2v) is 16.0. The Labute approximate surface area is 342 Å². The van der Waals surface area contributed by atoms with Crippen LogP contribution < -0.4 is 14.5 Å². The van der Waals surface area contributed by atoms with Crippen molar-refractivity contribution >= 4 is 44.8 Å². The third kappa shape index (κ3) is 6.75. The van der Waals surface area contributed by atoms with Crippen LogP contribution in [-0.2, 0) is 31.9 Å². The maximum absolute atomic E-state index is 6.55. The van der Waals surface area contributed by atoms with E-state index in [0.29, 0.717) is 17.3 Å². The van der Waals surface area contributed by atoms with Crippen molar-refractivity contribution in [3.05, 3.63) is 164 Å². The van der Waals surface area contributed by atoms with Crippen LogP contribution in [0.1, 0.15) is 52.7 Å². The zero-order valence-electron chi connectivity index (χ0n) is 32.2. The first-order chi connectivity index (χ1) is 26.5. The first kappa shape index (κ1) is 37.2. The minimum Gasteiger partial charge on any atom is -0.509 e. The summed E-state index contributed by atoms with van der Waals surface area (Å²) in [7, 11) is 0. The zero-order chi connectivity index (χ0) is 37.9. The monoisotopic (exact) mass is 912 g/mol. The summed E-state index contributed by atoms with van der Waals surface area (Å²) in [5.41, 5.74) is 8.36. The molecule has 0 unspecified atom stereocenters. The van der Waals surface area contributed by atoms with Crippen molar-refractivity contribution in [2.75, 3.05) is 9.80 Å². The van der Waals surface area contributed by atoms with Crippen LogP contribution in [0, 0.1) is 18.8 Å². The summed E-state index contributed by atoms with van der Waals surface area (Å²) < 4.78 is 8.72. The Balaban J connectivity index is 0.00000441. The molecule has 0 amide bonds. The van der Waals surface area contributed by atoms with Gasteiger partial charge in [-0.2, -0.15) is 12.1 Å². The molecule has 0 fully saturated rings. The van der Waals surface area contributed by atoms with E-state index in [0.717, 1.165) is 55.9 Å². The number of rotatable bonds is 6. The minimum atomic E-state index is -0.0462. The fraction of sp³-hybridized carbons (Fsp3) is 0.167. The SMILES string of the molecule is CC(C)(C)c1ccnc(-n2c3[c-]c(Oc4[c-]c(N5[CH-]N(c6cc(C(C)(C)C)ccc6-c6ccccc6)c6nccnc65)ccc4)ccc3c3ccccc32)c1.[Pt]. The average Bonchev–Trinajstić information content (AvgIpc) is 3.74. The van der Waals surface area contributed by atoms with Crippen LogP contribution in [-0.4, -0.2) is 19.5 Å². The molecule has 0 saturated carbocycles. The van der Waals surface area contributed by atoms with Crippen LogP contribution >= 0.6 is 0 Å². The molecule has 1 aliphatic heterocycles. The van der Waals surface area contributed by atoms with Crippen LogP contribution in [0.25, 0.3) is 38.8 Å². The maximum Gasteiger partial charge on any atom is 0.145 e. The number of pyridine rings is 1. The summed E-state index contributed by atoms with van der Waals surface area (Å²) >= 11 is 0. The average molecular weight is 913 g/mol. The molecular weight excluding hydrogens is 872 g/mol. The number of benzene rings is 5. The maximum atomic E-state index is 6.55. The third-order valence-corrected chi connectivity index (χ3v) is 10.2. The van der Waals surface area contributed by atoms with E-state index in [2.05, 4.69) is 148 Å². The molecule has 0 radical (unpaired) electrons. The van der Waals surface area contributed by atoms with Crippen LogP contribution in [0.4, 0.5) is 23.0 Å². The molecule has 0 bridgehead atoms. The number of anilines is 4. The fourth-order valence-corrected chi connectivity index (χ4v) is 7.23. The Morgan fingerprint density at radius 1 is 0.589 bits per heavy atom. The molecule has 0 saturated heterocycles. The van der Waals surface area contributed by atoms with Crippen molar-refractivity contribution in [2.45, 2.75) is 52.4 Å². The number of aromatic nitrogens is 4. The summed E-state index contributed by atoms with van der Waals surface area (Å²) in [6, 6.07) is 46.9. The molecule has 8 aromatic rings. The van der Waals surface area contributed by atoms with Gasteiger partial charge in [0.25, 0.3) is 0 Å². The molecule has 56 heavy (non-hydrogen) atoms. The van der Waals surface area contributed by atoms with Gasteiger partial charge < -0.3 is 19.1 Å². The summed E-state index contributed by atoms with van der Waals surface area (Å²) in [6.45, 7) is 15.4. The van der Waals surface area contributed by atoms with Crippen molar-refractivity contribution in [3.63, 3.8) is 0 Å². The normalized spacial score (nSPS) is 12.9. The first-order valence-corrected chi connectivity index (χ1v) is 18.6. The van der Waals surface area contributed by atoms with Crippen LogP contribution in [0.15, 0.2) is 134 Å². The summed E-state index contributed by atoms with van der Waals surface area (Å²) in [4.78, 5) is 18.6. The van der Waals surface area contributed by atoms with Crippen molar-refractivity contribution < 1.29 is 25.8 Å². The van der Waals surface area contributed by atoms with E-state index in [4.69, 9.17) is 19.7 Å². The predicted octanol–water partition coefficient (Wildman–Crippen LogP) is 12.0. The van der Waals surface area contributed by atoms with E-state index in [1.165, 1.54) is 11.1 Å². The van der Waals surface area contributed by atoms with Crippen molar-refractivity contribution in [1.29, 1.82) is 0 Å². The molecule has 1 aliphatic rings. The number of ether oxygens (including phenoxy) is 1. The molecular formula is C48H41N6OPt-3. The zero-order valence-corrected chi connectivity index (χ0v) is 34.5. The number of para-hydroxylation sites is 1. The molecule has 0 atom stereocenters. The Hall–Kier alpha value is -5.78. The number of hydrogen-bond donors (Lipinski definition) is 0. The van der Waals surface area contributed by atoms with Gasteiger partial charge in [0.05, 0.1) is 0 Å². The largest absolute Gasteiger partial charge is 0.509 e. The third-order valence-electron chi connectivity index (χ3n) is 10.2. The van der Waals surface area contributed by atoms with Gasteiger partial charge >= 0.3 is 0 Å². The Morgan fingerprint density at radius 2 is 1.29 bits per heavy atom. The van der Waals surface area contributed by atoms with Gasteiger partial charge in [-0.3, -0.25) is 0 Å². The van der Waals surface area contributed by atoms with E-state index in [-0.39, 0.29) is 31.9 Å². The molecule has 3 aromatic heterocycles. The Morgan fingerprint density at radius 3 is 2.05 bits per heavy atom. The molecule has 282 valence electrons. The molecule has 0 N–H and O–H groups in total.